The van der Waals surface area contributed by atoms with Crippen molar-refractivity contribution in [1.82, 2.24) is 9.38 Å². The molecule has 1 atom stereocenters. The topological polar surface area (TPSA) is 72.7 Å². The van der Waals surface area contributed by atoms with Gasteiger partial charge in [-0.25, -0.2) is 9.78 Å². The molecule has 6 nitrogen and oxygen atoms in total. The van der Waals surface area contributed by atoms with Crippen LogP contribution in [0.5, 0.6) is 0 Å². The van der Waals surface area contributed by atoms with Crippen molar-refractivity contribution in [3.8, 4) is 0 Å². The van der Waals surface area contributed by atoms with E-state index in [0.717, 1.165) is 29.9 Å². The van der Waals surface area contributed by atoms with Crippen molar-refractivity contribution >= 4 is 23.2 Å². The predicted molar refractivity (Wildman–Crippen MR) is 102 cm³/mol. The number of esters is 1. The second-order valence-electron chi connectivity index (χ2n) is 6.94. The lowest BCUT2D eigenvalue weighted by Crippen LogP contribution is -2.28. The molecule has 1 aliphatic carbocycles. The predicted octanol–water partition coefficient (Wildman–Crippen LogP) is 3.17. The van der Waals surface area contributed by atoms with E-state index in [9.17, 15) is 9.59 Å². The maximum atomic E-state index is 12.7. The monoisotopic (exact) mass is 363 g/mol. The molecular formula is C21H21N3O3. The van der Waals surface area contributed by atoms with Gasteiger partial charge in [0.15, 0.2) is 0 Å². The third-order valence-corrected chi connectivity index (χ3v) is 5.06. The van der Waals surface area contributed by atoms with Crippen molar-refractivity contribution in [2.45, 2.75) is 26.2 Å². The first-order chi connectivity index (χ1) is 13.0. The summed E-state index contributed by atoms with van der Waals surface area (Å²) in [6.07, 6.45) is 4.33. The summed E-state index contributed by atoms with van der Waals surface area (Å²) in [6.45, 7) is 2.05. The number of hydrogen-bond acceptors (Lipinski definition) is 4. The van der Waals surface area contributed by atoms with Crippen LogP contribution >= 0.6 is 0 Å². The third-order valence-electron chi connectivity index (χ3n) is 5.06. The molecule has 0 saturated carbocycles. The molecular weight excluding hydrogens is 342 g/mol. The van der Waals surface area contributed by atoms with Gasteiger partial charge >= 0.3 is 5.97 Å². The molecule has 1 unspecified atom stereocenters. The van der Waals surface area contributed by atoms with Crippen LogP contribution < -0.4 is 5.32 Å². The van der Waals surface area contributed by atoms with Crippen molar-refractivity contribution in [2.75, 3.05) is 12.4 Å². The fourth-order valence-corrected chi connectivity index (χ4v) is 3.59. The number of anilines is 1. The third kappa shape index (κ3) is 3.30. The summed E-state index contributed by atoms with van der Waals surface area (Å²) in [5.41, 5.74) is 5.45. The fourth-order valence-electron chi connectivity index (χ4n) is 3.59. The zero-order chi connectivity index (χ0) is 19.0. The number of benzene rings is 1. The SMILES string of the molecule is COC(=O)c1ccc(NC(=O)C2CCc3nc4ccc(C)cn4c3C2)cc1. The number of fused-ring (bicyclic) bond motifs is 3. The summed E-state index contributed by atoms with van der Waals surface area (Å²) < 4.78 is 6.79. The Morgan fingerprint density at radius 1 is 1.19 bits per heavy atom. The Bertz CT molecular complexity index is 1020. The molecule has 2 heterocycles. The number of nitrogens with zero attached hydrogens (tertiary/aromatic N) is 2. The number of aromatic nitrogens is 2. The second kappa shape index (κ2) is 6.87. The van der Waals surface area contributed by atoms with Gasteiger partial charge in [0.1, 0.15) is 5.65 Å². The Kier molecular flexibility index (Phi) is 4.39. The highest BCUT2D eigenvalue weighted by atomic mass is 16.5. The lowest BCUT2D eigenvalue weighted by atomic mass is 9.89. The fraction of sp³-hybridized carbons (Fsp3) is 0.286. The average molecular weight is 363 g/mol. The summed E-state index contributed by atoms with van der Waals surface area (Å²) >= 11 is 0. The van der Waals surface area contributed by atoms with Crippen molar-refractivity contribution in [3.63, 3.8) is 0 Å². The summed E-state index contributed by atoms with van der Waals surface area (Å²) in [5.74, 6) is -0.497. The van der Waals surface area contributed by atoms with E-state index < -0.39 is 5.97 Å². The summed E-state index contributed by atoms with van der Waals surface area (Å²) in [6, 6.07) is 10.8. The first-order valence-corrected chi connectivity index (χ1v) is 9.01. The molecule has 0 aliphatic heterocycles. The number of methoxy groups -OCH3 is 1. The van der Waals surface area contributed by atoms with Gasteiger partial charge in [0.05, 0.1) is 18.4 Å². The van der Waals surface area contributed by atoms with Crippen molar-refractivity contribution in [3.05, 3.63) is 65.1 Å². The molecule has 0 fully saturated rings. The van der Waals surface area contributed by atoms with Gasteiger partial charge < -0.3 is 14.5 Å². The molecule has 1 amide bonds. The van der Waals surface area contributed by atoms with Crippen LogP contribution in [-0.4, -0.2) is 28.4 Å². The maximum absolute atomic E-state index is 12.7. The zero-order valence-corrected chi connectivity index (χ0v) is 15.4. The number of hydrogen-bond donors (Lipinski definition) is 1. The standard InChI is InChI=1S/C21H21N3O3/c1-13-3-10-19-23-17-9-6-15(11-18(17)24(19)12-13)20(25)22-16-7-4-14(5-8-16)21(26)27-2/h3-5,7-8,10,12,15H,6,9,11H2,1-2H3,(H,22,25). The number of carbonyl (C=O) groups is 2. The molecule has 0 bridgehead atoms. The van der Waals surface area contributed by atoms with Crippen LogP contribution in [-0.2, 0) is 22.4 Å². The minimum Gasteiger partial charge on any atom is -0.465 e. The molecule has 0 radical (unpaired) electrons. The van der Waals surface area contributed by atoms with Crippen molar-refractivity contribution < 1.29 is 14.3 Å². The highest BCUT2D eigenvalue weighted by Gasteiger charge is 2.28. The van der Waals surface area contributed by atoms with Gasteiger partial charge in [0.2, 0.25) is 5.91 Å². The van der Waals surface area contributed by atoms with Gasteiger partial charge in [-0.1, -0.05) is 6.07 Å². The number of nitrogens with one attached hydrogen (secondary N) is 1. The Labute approximate surface area is 157 Å². The first-order valence-electron chi connectivity index (χ1n) is 9.01. The summed E-state index contributed by atoms with van der Waals surface area (Å²) in [7, 11) is 1.34. The van der Waals surface area contributed by atoms with Crippen LogP contribution in [0.15, 0.2) is 42.6 Å². The summed E-state index contributed by atoms with van der Waals surface area (Å²) in [5, 5.41) is 2.96. The van der Waals surface area contributed by atoms with Crippen molar-refractivity contribution in [1.29, 1.82) is 0 Å². The highest BCUT2D eigenvalue weighted by molar-refractivity contribution is 5.94. The Hall–Kier alpha value is -3.15. The Morgan fingerprint density at radius 2 is 1.96 bits per heavy atom. The minimum atomic E-state index is -0.393. The lowest BCUT2D eigenvalue weighted by molar-refractivity contribution is -0.120. The van der Waals surface area contributed by atoms with Crippen molar-refractivity contribution in [2.24, 2.45) is 5.92 Å². The maximum Gasteiger partial charge on any atom is 0.337 e. The van der Waals surface area contributed by atoms with E-state index in [1.807, 2.05) is 6.07 Å². The molecule has 6 heteroatoms. The zero-order valence-electron chi connectivity index (χ0n) is 15.4. The van der Waals surface area contributed by atoms with E-state index in [-0.39, 0.29) is 11.8 Å². The van der Waals surface area contributed by atoms with Crippen LogP contribution in [0.25, 0.3) is 5.65 Å². The smallest absolute Gasteiger partial charge is 0.337 e. The number of imidazole rings is 1. The van der Waals surface area contributed by atoms with Crippen LogP contribution in [0, 0.1) is 12.8 Å². The number of ether oxygens (including phenoxy) is 1. The van der Waals surface area contributed by atoms with E-state index in [4.69, 9.17) is 4.98 Å². The molecule has 27 heavy (non-hydrogen) atoms. The molecule has 4 rings (SSSR count). The molecule has 2 aromatic heterocycles. The van der Waals surface area contributed by atoms with Crippen LogP contribution in [0.4, 0.5) is 5.69 Å². The van der Waals surface area contributed by atoms with E-state index in [1.165, 1.54) is 12.7 Å². The second-order valence-corrected chi connectivity index (χ2v) is 6.94. The molecule has 0 saturated heterocycles. The lowest BCUT2D eigenvalue weighted by Gasteiger charge is -2.21. The first kappa shape index (κ1) is 17.3. The number of carbonyl (C=O) groups excluding carboxylic acids is 2. The largest absolute Gasteiger partial charge is 0.465 e. The van der Waals surface area contributed by atoms with Crippen LogP contribution in [0.3, 0.4) is 0 Å². The molecule has 138 valence electrons. The quantitative estimate of drug-likeness (QED) is 0.726. The van der Waals surface area contributed by atoms with Gasteiger partial charge in [0, 0.05) is 29.9 Å². The van der Waals surface area contributed by atoms with Gasteiger partial charge in [0.25, 0.3) is 0 Å². The van der Waals surface area contributed by atoms with Gasteiger partial charge in [-0.3, -0.25) is 4.79 Å². The van der Waals surface area contributed by atoms with Crippen LogP contribution in [0.1, 0.15) is 33.7 Å². The Morgan fingerprint density at radius 3 is 2.70 bits per heavy atom. The highest BCUT2D eigenvalue weighted by Crippen LogP contribution is 2.27. The molecule has 1 N–H and O–H groups in total. The number of rotatable bonds is 3. The Balaban J connectivity index is 1.50. The van der Waals surface area contributed by atoms with E-state index in [0.29, 0.717) is 17.7 Å². The molecule has 1 aliphatic rings. The number of aryl methyl sites for hydroxylation is 2. The average Bonchev–Trinajstić information content (AvgIpc) is 3.05. The summed E-state index contributed by atoms with van der Waals surface area (Å²) in [4.78, 5) is 28.9. The van der Waals surface area contributed by atoms with E-state index >= 15 is 0 Å². The minimum absolute atomic E-state index is 0.00549. The van der Waals surface area contributed by atoms with E-state index in [2.05, 4.69) is 33.6 Å². The number of pyridine rings is 1. The number of amides is 1. The van der Waals surface area contributed by atoms with Gasteiger partial charge in [-0.15, -0.1) is 0 Å². The molecule has 3 aromatic rings. The van der Waals surface area contributed by atoms with Gasteiger partial charge in [-0.05, 0) is 55.7 Å². The normalized spacial score (nSPS) is 16.0. The van der Waals surface area contributed by atoms with Crippen LogP contribution in [0.2, 0.25) is 0 Å². The van der Waals surface area contributed by atoms with E-state index in [1.54, 1.807) is 24.3 Å². The molecule has 1 aromatic carbocycles. The molecule has 0 spiro atoms. The van der Waals surface area contributed by atoms with Gasteiger partial charge in [-0.2, -0.15) is 0 Å².